The van der Waals surface area contributed by atoms with Gasteiger partial charge in [0.1, 0.15) is 5.78 Å². The molecule has 0 N–H and O–H groups in total. The van der Waals surface area contributed by atoms with Crippen LogP contribution in [0.1, 0.15) is 110 Å². The van der Waals surface area contributed by atoms with Gasteiger partial charge < -0.3 is 9.47 Å². The third-order valence-electron chi connectivity index (χ3n) is 10.1. The van der Waals surface area contributed by atoms with Crippen LogP contribution in [0.5, 0.6) is 0 Å². The van der Waals surface area contributed by atoms with Gasteiger partial charge in [-0.3, -0.25) is 4.79 Å². The van der Waals surface area contributed by atoms with Crippen molar-refractivity contribution in [2.75, 3.05) is 13.2 Å². The summed E-state index contributed by atoms with van der Waals surface area (Å²) in [4.78, 5) is 12.7. The van der Waals surface area contributed by atoms with Gasteiger partial charge in [0.05, 0.1) is 13.2 Å². The van der Waals surface area contributed by atoms with E-state index in [4.69, 9.17) is 9.47 Å². The summed E-state index contributed by atoms with van der Waals surface area (Å²) in [7, 11) is 0. The van der Waals surface area contributed by atoms with Crippen LogP contribution in [0.3, 0.4) is 0 Å². The van der Waals surface area contributed by atoms with E-state index in [1.54, 1.807) is 11.1 Å². The molecule has 1 aromatic rings. The van der Waals surface area contributed by atoms with E-state index < -0.39 is 0 Å². The van der Waals surface area contributed by atoms with E-state index in [1.807, 2.05) is 34.6 Å². The Morgan fingerprint density at radius 2 is 1.58 bits per heavy atom. The van der Waals surface area contributed by atoms with E-state index in [1.165, 1.54) is 30.4 Å². The third-order valence-corrected chi connectivity index (χ3v) is 10.1. The molecule has 0 bridgehead atoms. The number of ketones is 1. The van der Waals surface area contributed by atoms with Crippen LogP contribution in [0.25, 0.3) is 0 Å². The maximum Gasteiger partial charge on any atom is 0.169 e. The second kappa shape index (κ2) is 11.1. The molecule has 6 atom stereocenters. The minimum absolute atomic E-state index is 0.135. The minimum Gasteiger partial charge on any atom is -0.348 e. The first-order valence-corrected chi connectivity index (χ1v) is 15.0. The molecule has 0 amide bonds. The summed E-state index contributed by atoms with van der Waals surface area (Å²) in [5.41, 5.74) is 6.43. The maximum atomic E-state index is 12.7. The summed E-state index contributed by atoms with van der Waals surface area (Å²) >= 11 is 0. The predicted octanol–water partition coefficient (Wildman–Crippen LogP) is 8.41. The Kier molecular flexibility index (Phi) is 8.52. The lowest BCUT2D eigenvalue weighted by Crippen LogP contribution is -2.47. The van der Waals surface area contributed by atoms with Gasteiger partial charge in [0, 0.05) is 24.7 Å². The first-order chi connectivity index (χ1) is 17.4. The van der Waals surface area contributed by atoms with Crippen molar-refractivity contribution in [2.24, 2.45) is 29.1 Å². The monoisotopic (exact) mass is 494 g/mol. The summed E-state index contributed by atoms with van der Waals surface area (Å²) in [6.07, 6.45) is 9.14. The van der Waals surface area contributed by atoms with Crippen LogP contribution in [0.2, 0.25) is 0 Å². The molecule has 3 heteroatoms. The highest BCUT2D eigenvalue weighted by Gasteiger charge is 2.58. The van der Waals surface area contributed by atoms with Gasteiger partial charge in [0.2, 0.25) is 0 Å². The predicted molar refractivity (Wildman–Crippen MR) is 148 cm³/mol. The highest BCUT2D eigenvalue weighted by molar-refractivity contribution is 5.79. The van der Waals surface area contributed by atoms with Crippen molar-refractivity contribution in [3.8, 4) is 0 Å². The molecular formula is C33H50O3. The fraction of sp³-hybridized carbons (Fsp3) is 0.727. The molecule has 0 aromatic heterocycles. The van der Waals surface area contributed by atoms with Gasteiger partial charge in [-0.15, -0.1) is 0 Å². The van der Waals surface area contributed by atoms with Crippen molar-refractivity contribution in [1.29, 1.82) is 0 Å². The zero-order valence-corrected chi connectivity index (χ0v) is 24.0. The lowest BCUT2D eigenvalue weighted by Gasteiger charge is -2.54. The number of carbonyl (C=O) groups is 1. The fourth-order valence-electron chi connectivity index (χ4n) is 8.75. The average molecular weight is 495 g/mol. The number of hydrogen-bond acceptors (Lipinski definition) is 3. The van der Waals surface area contributed by atoms with Crippen LogP contribution in [0.15, 0.2) is 35.4 Å². The molecule has 6 unspecified atom stereocenters. The highest BCUT2D eigenvalue weighted by atomic mass is 16.7. The second-order valence-electron chi connectivity index (χ2n) is 11.7. The van der Waals surface area contributed by atoms with E-state index >= 15 is 0 Å². The van der Waals surface area contributed by atoms with Crippen LogP contribution >= 0.6 is 0 Å². The summed E-state index contributed by atoms with van der Waals surface area (Å²) in [6, 6.07) is 9.28. The number of aryl methyl sites for hydroxylation is 1. The molecule has 4 aliphatic carbocycles. The number of rotatable bonds is 2. The van der Waals surface area contributed by atoms with Gasteiger partial charge in [-0.25, -0.2) is 0 Å². The van der Waals surface area contributed by atoms with E-state index in [0.717, 1.165) is 45.3 Å². The Morgan fingerprint density at radius 3 is 2.22 bits per heavy atom. The van der Waals surface area contributed by atoms with E-state index in [-0.39, 0.29) is 17.1 Å². The molecule has 1 heterocycles. The third kappa shape index (κ3) is 4.64. The van der Waals surface area contributed by atoms with Crippen molar-refractivity contribution in [3.63, 3.8) is 0 Å². The molecule has 3 saturated carbocycles. The van der Waals surface area contributed by atoms with Gasteiger partial charge in [0.25, 0.3) is 0 Å². The highest BCUT2D eigenvalue weighted by Crippen LogP contribution is 2.66. The van der Waals surface area contributed by atoms with Crippen molar-refractivity contribution < 1.29 is 14.3 Å². The van der Waals surface area contributed by atoms with Gasteiger partial charge >= 0.3 is 0 Å². The zero-order valence-electron chi connectivity index (χ0n) is 24.0. The maximum absolute atomic E-state index is 12.7. The molecule has 3 nitrogen and oxygen atoms in total. The molecule has 4 fully saturated rings. The second-order valence-corrected chi connectivity index (χ2v) is 11.7. The SMILES string of the molecule is CC.CC.CC(=O)C1CCC2C3CCC4CC5(CCC4=C3C(c3ccc(C)cc3)CC12C)OCCO5. The van der Waals surface area contributed by atoms with Gasteiger partial charge in [-0.05, 0) is 81.1 Å². The molecule has 1 aromatic carbocycles. The van der Waals surface area contributed by atoms with Crippen LogP contribution < -0.4 is 0 Å². The van der Waals surface area contributed by atoms with Crippen molar-refractivity contribution in [3.05, 3.63) is 46.5 Å². The molecule has 200 valence electrons. The Balaban J connectivity index is 0.000000726. The lowest BCUT2D eigenvalue weighted by atomic mass is 9.51. The summed E-state index contributed by atoms with van der Waals surface area (Å²) < 4.78 is 12.3. The topological polar surface area (TPSA) is 35.5 Å². The Morgan fingerprint density at radius 1 is 0.917 bits per heavy atom. The normalized spacial score (nSPS) is 36.0. The number of fused-ring (bicyclic) bond motifs is 4. The molecule has 1 saturated heterocycles. The Bertz CT molecular complexity index is 938. The van der Waals surface area contributed by atoms with Crippen LogP contribution in [-0.4, -0.2) is 24.8 Å². The molecule has 1 spiro atoms. The zero-order chi connectivity index (χ0) is 26.1. The van der Waals surface area contributed by atoms with Crippen molar-refractivity contribution in [1.82, 2.24) is 0 Å². The van der Waals surface area contributed by atoms with E-state index in [0.29, 0.717) is 29.5 Å². The van der Waals surface area contributed by atoms with Crippen LogP contribution in [-0.2, 0) is 14.3 Å². The van der Waals surface area contributed by atoms with Gasteiger partial charge in [-0.2, -0.15) is 0 Å². The van der Waals surface area contributed by atoms with Crippen LogP contribution in [0.4, 0.5) is 0 Å². The number of hydrogen-bond donors (Lipinski definition) is 0. The smallest absolute Gasteiger partial charge is 0.169 e. The lowest BCUT2D eigenvalue weighted by molar-refractivity contribution is -0.181. The number of ether oxygens (including phenoxy) is 2. The summed E-state index contributed by atoms with van der Waals surface area (Å²) in [5, 5.41) is 0. The standard InChI is InChI=1S/C29H38O3.2C2H6/c1-18-4-6-20(7-5-18)24-17-28(3)25(19(2)30)10-11-26(28)23-9-8-21-16-29(31-14-15-32-29)13-12-22(21)27(23)24;2*1-2/h4-7,21,23-26H,8-17H2,1-3H3;2*1-2H3. The molecular weight excluding hydrogens is 444 g/mol. The first kappa shape index (κ1) is 27.6. The van der Waals surface area contributed by atoms with E-state index in [2.05, 4.69) is 38.1 Å². The van der Waals surface area contributed by atoms with Crippen molar-refractivity contribution in [2.45, 2.75) is 112 Å². The molecule has 0 radical (unpaired) electrons. The number of allylic oxidation sites excluding steroid dienone is 2. The fourth-order valence-corrected chi connectivity index (χ4v) is 8.75. The van der Waals surface area contributed by atoms with Crippen LogP contribution in [0, 0.1) is 36.0 Å². The molecule has 6 rings (SSSR count). The number of benzene rings is 1. The molecule has 36 heavy (non-hydrogen) atoms. The number of carbonyl (C=O) groups excluding carboxylic acids is 1. The van der Waals surface area contributed by atoms with Crippen molar-refractivity contribution >= 4 is 5.78 Å². The quantitative estimate of drug-likeness (QED) is 0.387. The molecule has 1 aliphatic heterocycles. The Hall–Kier alpha value is -1.45. The van der Waals surface area contributed by atoms with Gasteiger partial charge in [0.15, 0.2) is 5.79 Å². The van der Waals surface area contributed by atoms with Gasteiger partial charge in [-0.1, -0.05) is 75.6 Å². The first-order valence-electron chi connectivity index (χ1n) is 15.0. The molecule has 5 aliphatic rings. The van der Waals surface area contributed by atoms with E-state index in [9.17, 15) is 4.79 Å². The summed E-state index contributed by atoms with van der Waals surface area (Å²) in [5.74, 6) is 2.72. The average Bonchev–Trinajstić information content (AvgIpc) is 3.50. The minimum atomic E-state index is -0.308. The summed E-state index contributed by atoms with van der Waals surface area (Å²) in [6.45, 7) is 16.0. The Labute approximate surface area is 220 Å². The number of Topliss-reactive ketones (excluding diaryl/α,β-unsaturated/α-hetero) is 1. The largest absolute Gasteiger partial charge is 0.348 e.